The van der Waals surface area contributed by atoms with Crippen molar-refractivity contribution in [3.8, 4) is 0 Å². The van der Waals surface area contributed by atoms with Gasteiger partial charge in [0.2, 0.25) is 5.91 Å². The first-order chi connectivity index (χ1) is 8.10. The van der Waals surface area contributed by atoms with E-state index in [0.29, 0.717) is 5.41 Å². The third-order valence-corrected chi connectivity index (χ3v) is 4.37. The highest BCUT2D eigenvalue weighted by atomic mass is 35.5. The Morgan fingerprint density at radius 1 is 1.28 bits per heavy atom. The molecule has 2 saturated carbocycles. The maximum atomic E-state index is 12.0. The average Bonchev–Trinajstić information content (AvgIpc) is 2.97. The second-order valence-corrected chi connectivity index (χ2v) is 5.79. The molecule has 2 fully saturated rings. The van der Waals surface area contributed by atoms with Gasteiger partial charge < -0.3 is 15.8 Å². The van der Waals surface area contributed by atoms with Crippen molar-refractivity contribution in [2.45, 2.75) is 50.5 Å². The number of nitrogens with two attached hydrogens (primary N) is 1. The predicted molar refractivity (Wildman–Crippen MR) is 73.8 cm³/mol. The van der Waals surface area contributed by atoms with Crippen LogP contribution in [0, 0.1) is 5.41 Å². The third kappa shape index (κ3) is 3.59. The van der Waals surface area contributed by atoms with E-state index in [0.717, 1.165) is 45.3 Å². The van der Waals surface area contributed by atoms with Gasteiger partial charge in [0, 0.05) is 20.3 Å². The van der Waals surface area contributed by atoms with Crippen LogP contribution in [0.2, 0.25) is 0 Å². The van der Waals surface area contributed by atoms with Gasteiger partial charge >= 0.3 is 0 Å². The molecule has 1 amide bonds. The molecule has 0 aromatic carbocycles. The van der Waals surface area contributed by atoms with Crippen LogP contribution >= 0.6 is 12.4 Å². The zero-order valence-corrected chi connectivity index (χ0v) is 12.0. The second-order valence-electron chi connectivity index (χ2n) is 5.79. The Hall–Kier alpha value is -0.320. The van der Waals surface area contributed by atoms with Crippen LogP contribution in [0.4, 0.5) is 0 Å². The Kier molecular flexibility index (Phi) is 5.44. The minimum absolute atomic E-state index is 0. The highest BCUT2D eigenvalue weighted by Crippen LogP contribution is 2.48. The number of hydrogen-bond acceptors (Lipinski definition) is 3. The van der Waals surface area contributed by atoms with Crippen molar-refractivity contribution in [3.05, 3.63) is 0 Å². The summed E-state index contributed by atoms with van der Waals surface area (Å²) in [6.07, 6.45) is 7.29. The number of nitrogens with one attached hydrogen (secondary N) is 1. The number of carbonyl (C=O) groups excluding carboxylic acids is 1. The molecule has 5 heteroatoms. The lowest BCUT2D eigenvalue weighted by Crippen LogP contribution is -2.52. The predicted octanol–water partition coefficient (Wildman–Crippen LogP) is 1.61. The summed E-state index contributed by atoms with van der Waals surface area (Å²) in [5, 5.41) is 3.06. The van der Waals surface area contributed by atoms with Crippen molar-refractivity contribution in [1.29, 1.82) is 0 Å². The summed E-state index contributed by atoms with van der Waals surface area (Å²) in [4.78, 5) is 12.0. The van der Waals surface area contributed by atoms with Crippen LogP contribution in [0.3, 0.4) is 0 Å². The summed E-state index contributed by atoms with van der Waals surface area (Å²) in [7, 11) is 1.72. The number of carbonyl (C=O) groups is 1. The van der Waals surface area contributed by atoms with Gasteiger partial charge in [-0.05, 0) is 37.5 Å². The normalized spacial score (nSPS) is 23.2. The number of halogens is 1. The zero-order chi connectivity index (χ0) is 12.4. The Morgan fingerprint density at radius 2 is 1.89 bits per heavy atom. The van der Waals surface area contributed by atoms with Gasteiger partial charge in [-0.15, -0.1) is 12.4 Å². The quantitative estimate of drug-likeness (QED) is 0.775. The molecule has 0 aromatic rings. The fraction of sp³-hybridized carbons (Fsp3) is 0.923. The largest absolute Gasteiger partial charge is 0.385 e. The van der Waals surface area contributed by atoms with Gasteiger partial charge in [0.1, 0.15) is 0 Å². The van der Waals surface area contributed by atoms with Crippen molar-refractivity contribution >= 4 is 18.3 Å². The first kappa shape index (κ1) is 15.7. The summed E-state index contributed by atoms with van der Waals surface area (Å²) >= 11 is 0. The van der Waals surface area contributed by atoms with E-state index in [1.54, 1.807) is 7.11 Å². The lowest BCUT2D eigenvalue weighted by atomic mass is 9.97. The van der Waals surface area contributed by atoms with E-state index in [2.05, 4.69) is 5.32 Å². The van der Waals surface area contributed by atoms with Gasteiger partial charge in [-0.3, -0.25) is 4.79 Å². The molecule has 0 aromatic heterocycles. The van der Waals surface area contributed by atoms with Crippen molar-refractivity contribution in [2.75, 3.05) is 20.3 Å². The van der Waals surface area contributed by atoms with Gasteiger partial charge in [0.25, 0.3) is 0 Å². The summed E-state index contributed by atoms with van der Waals surface area (Å²) < 4.78 is 5.11. The first-order valence-electron chi connectivity index (χ1n) is 6.66. The van der Waals surface area contributed by atoms with Crippen molar-refractivity contribution < 1.29 is 9.53 Å². The molecular formula is C13H25ClN2O2. The molecule has 0 unspecified atom stereocenters. The minimum atomic E-state index is -0.586. The molecule has 18 heavy (non-hydrogen) atoms. The maximum Gasteiger partial charge on any atom is 0.240 e. The summed E-state index contributed by atoms with van der Waals surface area (Å²) in [6.45, 7) is 1.55. The lowest BCUT2D eigenvalue weighted by molar-refractivity contribution is -0.126. The van der Waals surface area contributed by atoms with Crippen LogP contribution in [0.15, 0.2) is 0 Å². The van der Waals surface area contributed by atoms with Crippen LogP contribution < -0.4 is 11.1 Å². The van der Waals surface area contributed by atoms with Crippen molar-refractivity contribution in [2.24, 2.45) is 11.1 Å². The molecule has 0 heterocycles. The van der Waals surface area contributed by atoms with Gasteiger partial charge in [0.05, 0.1) is 5.54 Å². The SMILES string of the molecule is COCCC1(CNC(=O)C2(N)CCCC2)CC1.Cl. The first-order valence-corrected chi connectivity index (χ1v) is 6.66. The monoisotopic (exact) mass is 276 g/mol. The molecule has 4 nitrogen and oxygen atoms in total. The van der Waals surface area contributed by atoms with E-state index < -0.39 is 5.54 Å². The van der Waals surface area contributed by atoms with E-state index in [1.165, 1.54) is 12.8 Å². The molecule has 106 valence electrons. The van der Waals surface area contributed by atoms with Crippen molar-refractivity contribution in [3.63, 3.8) is 0 Å². The molecule has 2 aliphatic rings. The summed E-state index contributed by atoms with van der Waals surface area (Å²) in [6, 6.07) is 0. The highest BCUT2D eigenvalue weighted by Gasteiger charge is 2.44. The van der Waals surface area contributed by atoms with E-state index in [4.69, 9.17) is 10.5 Å². The molecule has 0 radical (unpaired) electrons. The van der Waals surface area contributed by atoms with Crippen LogP contribution in [-0.4, -0.2) is 31.7 Å². The Labute approximate surface area is 115 Å². The highest BCUT2D eigenvalue weighted by molar-refractivity contribution is 5.86. The molecule has 3 N–H and O–H groups in total. The molecule has 0 aliphatic heterocycles. The number of amides is 1. The number of methoxy groups -OCH3 is 1. The molecule has 2 rings (SSSR count). The molecule has 0 saturated heterocycles. The van der Waals surface area contributed by atoms with Gasteiger partial charge in [-0.25, -0.2) is 0 Å². The molecule has 0 spiro atoms. The lowest BCUT2D eigenvalue weighted by Gasteiger charge is -2.24. The van der Waals surface area contributed by atoms with E-state index >= 15 is 0 Å². The average molecular weight is 277 g/mol. The molecule has 0 atom stereocenters. The topological polar surface area (TPSA) is 64.3 Å². The Balaban J connectivity index is 0.00000162. The van der Waals surface area contributed by atoms with Crippen molar-refractivity contribution in [1.82, 2.24) is 5.32 Å². The molecule has 0 bridgehead atoms. The number of hydrogen-bond donors (Lipinski definition) is 2. The van der Waals surface area contributed by atoms with Gasteiger partial charge in [-0.1, -0.05) is 12.8 Å². The number of rotatable bonds is 6. The Bertz CT molecular complexity index is 287. The summed E-state index contributed by atoms with van der Waals surface area (Å²) in [5.74, 6) is 0.0543. The van der Waals surface area contributed by atoms with Gasteiger partial charge in [-0.2, -0.15) is 0 Å². The van der Waals surface area contributed by atoms with Crippen LogP contribution in [0.5, 0.6) is 0 Å². The van der Waals surface area contributed by atoms with Gasteiger partial charge in [0.15, 0.2) is 0 Å². The zero-order valence-electron chi connectivity index (χ0n) is 11.2. The van der Waals surface area contributed by atoms with Crippen LogP contribution in [-0.2, 0) is 9.53 Å². The van der Waals surface area contributed by atoms with E-state index in [1.807, 2.05) is 0 Å². The van der Waals surface area contributed by atoms with E-state index in [-0.39, 0.29) is 18.3 Å². The maximum absolute atomic E-state index is 12.0. The molecule has 2 aliphatic carbocycles. The number of ether oxygens (including phenoxy) is 1. The molecular weight excluding hydrogens is 252 g/mol. The smallest absolute Gasteiger partial charge is 0.240 e. The Morgan fingerprint density at radius 3 is 2.39 bits per heavy atom. The van der Waals surface area contributed by atoms with Crippen LogP contribution in [0.1, 0.15) is 44.9 Å². The minimum Gasteiger partial charge on any atom is -0.385 e. The van der Waals surface area contributed by atoms with E-state index in [9.17, 15) is 4.79 Å². The van der Waals surface area contributed by atoms with Crippen LogP contribution in [0.25, 0.3) is 0 Å². The second kappa shape index (κ2) is 6.22. The standard InChI is InChI=1S/C13H24N2O2.ClH/c1-17-9-8-12(6-7-12)10-15-11(16)13(14)4-2-3-5-13;/h2-10,14H2,1H3,(H,15,16);1H. The third-order valence-electron chi connectivity index (χ3n) is 4.37. The fourth-order valence-corrected chi connectivity index (χ4v) is 2.69. The fourth-order valence-electron chi connectivity index (χ4n) is 2.69. The summed E-state index contributed by atoms with van der Waals surface area (Å²) in [5.41, 5.74) is 5.84.